The summed E-state index contributed by atoms with van der Waals surface area (Å²) in [6, 6.07) is 0. The number of ether oxygens (including phenoxy) is 1. The number of carbonyl (C=O) groups excluding carboxylic acids is 1. The molecular weight excluding hydrogens is 188 g/mol. The van der Waals surface area contributed by atoms with E-state index in [0.29, 0.717) is 5.41 Å². The third kappa shape index (κ3) is 2.04. The van der Waals surface area contributed by atoms with Crippen molar-refractivity contribution in [2.24, 2.45) is 11.3 Å². The zero-order chi connectivity index (χ0) is 11.1. The van der Waals surface area contributed by atoms with Crippen LogP contribution >= 0.6 is 0 Å². The van der Waals surface area contributed by atoms with E-state index in [9.17, 15) is 4.79 Å². The van der Waals surface area contributed by atoms with Crippen LogP contribution in [0.4, 0.5) is 0 Å². The van der Waals surface area contributed by atoms with Crippen molar-refractivity contribution in [1.82, 2.24) is 0 Å². The quantitative estimate of drug-likeness (QED) is 0.621. The first-order valence-electron chi connectivity index (χ1n) is 6.16. The Morgan fingerprint density at radius 2 is 1.80 bits per heavy atom. The van der Waals surface area contributed by atoms with Crippen LogP contribution in [0.3, 0.4) is 0 Å². The Labute approximate surface area is 92.4 Å². The second-order valence-electron chi connectivity index (χ2n) is 6.19. The first-order chi connectivity index (χ1) is 6.93. The van der Waals surface area contributed by atoms with Gasteiger partial charge in [0.2, 0.25) is 0 Å². The Morgan fingerprint density at radius 1 is 1.20 bits per heavy atom. The van der Waals surface area contributed by atoms with Crippen LogP contribution in [0, 0.1) is 11.3 Å². The number of esters is 1. The standard InChI is InChI=1S/C13H22O2/c1-12(2,3)15-11(14)10-6-9-13(10)7-4-5-8-13/h10H,4-9H2,1-3H3. The molecule has 0 amide bonds. The number of hydrogen-bond donors (Lipinski definition) is 0. The second kappa shape index (κ2) is 3.50. The lowest BCUT2D eigenvalue weighted by atomic mass is 9.59. The molecule has 0 aromatic carbocycles. The normalized spacial score (nSPS) is 28.9. The molecule has 2 fully saturated rings. The monoisotopic (exact) mass is 210 g/mol. The van der Waals surface area contributed by atoms with Crippen molar-refractivity contribution in [1.29, 1.82) is 0 Å². The van der Waals surface area contributed by atoms with Gasteiger partial charge >= 0.3 is 5.97 Å². The van der Waals surface area contributed by atoms with E-state index in [-0.39, 0.29) is 17.5 Å². The molecule has 0 N–H and O–H groups in total. The molecule has 1 unspecified atom stereocenters. The number of hydrogen-bond acceptors (Lipinski definition) is 2. The molecule has 0 heterocycles. The fraction of sp³-hybridized carbons (Fsp3) is 0.923. The molecule has 0 aromatic rings. The largest absolute Gasteiger partial charge is 0.460 e. The van der Waals surface area contributed by atoms with Crippen LogP contribution in [0.1, 0.15) is 59.3 Å². The molecular formula is C13H22O2. The highest BCUT2D eigenvalue weighted by molar-refractivity contribution is 5.75. The van der Waals surface area contributed by atoms with Gasteiger partial charge in [-0.25, -0.2) is 0 Å². The Bertz CT molecular complexity index is 256. The van der Waals surface area contributed by atoms with E-state index in [1.165, 1.54) is 32.1 Å². The summed E-state index contributed by atoms with van der Waals surface area (Å²) < 4.78 is 5.49. The van der Waals surface area contributed by atoms with Crippen LogP contribution in [0.25, 0.3) is 0 Å². The third-order valence-electron chi connectivity index (χ3n) is 3.96. The molecule has 86 valence electrons. The third-order valence-corrected chi connectivity index (χ3v) is 3.96. The molecule has 0 aromatic heterocycles. The fourth-order valence-electron chi connectivity index (χ4n) is 3.12. The van der Waals surface area contributed by atoms with Gasteiger partial charge in [-0.2, -0.15) is 0 Å². The lowest BCUT2D eigenvalue weighted by molar-refractivity contribution is -0.172. The van der Waals surface area contributed by atoms with E-state index < -0.39 is 0 Å². The topological polar surface area (TPSA) is 26.3 Å². The Balaban J connectivity index is 1.97. The van der Waals surface area contributed by atoms with Gasteiger partial charge in [0.1, 0.15) is 5.60 Å². The highest BCUT2D eigenvalue weighted by atomic mass is 16.6. The maximum atomic E-state index is 12.0. The minimum atomic E-state index is -0.327. The average Bonchev–Trinajstić information content (AvgIpc) is 2.47. The number of carbonyl (C=O) groups is 1. The molecule has 0 aliphatic heterocycles. The molecule has 2 nitrogen and oxygen atoms in total. The van der Waals surface area contributed by atoms with Gasteiger partial charge in [0.25, 0.3) is 0 Å². The number of rotatable bonds is 1. The van der Waals surface area contributed by atoms with Crippen molar-refractivity contribution in [3.8, 4) is 0 Å². The summed E-state index contributed by atoms with van der Waals surface area (Å²) in [5, 5.41) is 0. The van der Waals surface area contributed by atoms with Gasteiger partial charge in [-0.05, 0) is 51.9 Å². The van der Waals surface area contributed by atoms with Gasteiger partial charge in [-0.15, -0.1) is 0 Å². The molecule has 2 aliphatic carbocycles. The van der Waals surface area contributed by atoms with Crippen molar-refractivity contribution < 1.29 is 9.53 Å². The second-order valence-corrected chi connectivity index (χ2v) is 6.19. The van der Waals surface area contributed by atoms with Crippen molar-refractivity contribution in [3.63, 3.8) is 0 Å². The Morgan fingerprint density at radius 3 is 2.20 bits per heavy atom. The smallest absolute Gasteiger partial charge is 0.310 e. The minimum absolute atomic E-state index is 0.0515. The lowest BCUT2D eigenvalue weighted by Crippen LogP contribution is -2.45. The fourth-order valence-corrected chi connectivity index (χ4v) is 3.12. The van der Waals surface area contributed by atoms with E-state index in [4.69, 9.17) is 4.74 Å². The summed E-state index contributed by atoms with van der Waals surface area (Å²) in [5.74, 6) is 0.259. The van der Waals surface area contributed by atoms with E-state index in [2.05, 4.69) is 0 Å². The Kier molecular flexibility index (Phi) is 2.56. The van der Waals surface area contributed by atoms with Crippen LogP contribution < -0.4 is 0 Å². The first kappa shape index (κ1) is 11.0. The summed E-state index contributed by atoms with van der Waals surface area (Å²) in [7, 11) is 0. The predicted octanol–water partition coefficient (Wildman–Crippen LogP) is 3.30. The average molecular weight is 210 g/mol. The van der Waals surface area contributed by atoms with E-state index in [1.807, 2.05) is 20.8 Å². The van der Waals surface area contributed by atoms with Crippen LogP contribution in [0.5, 0.6) is 0 Å². The van der Waals surface area contributed by atoms with Gasteiger partial charge in [0.05, 0.1) is 5.92 Å². The van der Waals surface area contributed by atoms with Crippen molar-refractivity contribution in [2.45, 2.75) is 64.9 Å². The van der Waals surface area contributed by atoms with Crippen LogP contribution in [-0.4, -0.2) is 11.6 Å². The summed E-state index contributed by atoms with van der Waals surface area (Å²) in [6.45, 7) is 5.85. The van der Waals surface area contributed by atoms with E-state index >= 15 is 0 Å². The van der Waals surface area contributed by atoms with Gasteiger partial charge in [-0.3, -0.25) is 4.79 Å². The molecule has 15 heavy (non-hydrogen) atoms. The van der Waals surface area contributed by atoms with E-state index in [1.54, 1.807) is 0 Å². The predicted molar refractivity (Wildman–Crippen MR) is 59.5 cm³/mol. The summed E-state index contributed by atoms with van der Waals surface area (Å²) in [5.41, 5.74) is 0.0226. The van der Waals surface area contributed by atoms with Gasteiger partial charge < -0.3 is 4.74 Å². The molecule has 0 saturated heterocycles. The molecule has 0 bridgehead atoms. The van der Waals surface area contributed by atoms with Gasteiger partial charge in [-0.1, -0.05) is 12.8 Å². The Hall–Kier alpha value is -0.530. The van der Waals surface area contributed by atoms with Gasteiger partial charge in [0, 0.05) is 0 Å². The molecule has 2 heteroatoms. The van der Waals surface area contributed by atoms with Crippen molar-refractivity contribution in [2.75, 3.05) is 0 Å². The van der Waals surface area contributed by atoms with Crippen LogP contribution in [0.2, 0.25) is 0 Å². The maximum Gasteiger partial charge on any atom is 0.310 e. The maximum absolute atomic E-state index is 12.0. The first-order valence-corrected chi connectivity index (χ1v) is 6.16. The summed E-state index contributed by atoms with van der Waals surface area (Å²) >= 11 is 0. The molecule has 2 saturated carbocycles. The van der Waals surface area contributed by atoms with Gasteiger partial charge in [0.15, 0.2) is 0 Å². The molecule has 2 rings (SSSR count). The molecule has 1 spiro atoms. The highest BCUT2D eigenvalue weighted by Crippen LogP contribution is 2.57. The minimum Gasteiger partial charge on any atom is -0.460 e. The molecule has 0 radical (unpaired) electrons. The highest BCUT2D eigenvalue weighted by Gasteiger charge is 2.52. The summed E-state index contributed by atoms with van der Waals surface area (Å²) in [4.78, 5) is 12.0. The van der Waals surface area contributed by atoms with Crippen LogP contribution in [0.15, 0.2) is 0 Å². The zero-order valence-electron chi connectivity index (χ0n) is 10.1. The lowest BCUT2D eigenvalue weighted by Gasteiger charge is -2.46. The summed E-state index contributed by atoms with van der Waals surface area (Å²) in [6.07, 6.45) is 7.40. The van der Waals surface area contributed by atoms with E-state index in [0.717, 1.165) is 6.42 Å². The molecule has 1 atom stereocenters. The molecule has 2 aliphatic rings. The van der Waals surface area contributed by atoms with Crippen molar-refractivity contribution in [3.05, 3.63) is 0 Å². The SMILES string of the molecule is CC(C)(C)OC(=O)C1CCC12CCCC2. The van der Waals surface area contributed by atoms with Crippen molar-refractivity contribution >= 4 is 5.97 Å². The zero-order valence-corrected chi connectivity index (χ0v) is 10.1. The van der Waals surface area contributed by atoms with Crippen LogP contribution in [-0.2, 0) is 9.53 Å².